The first-order valence-corrected chi connectivity index (χ1v) is 4.84. The van der Waals surface area contributed by atoms with Crippen molar-refractivity contribution in [3.8, 4) is 0 Å². The standard InChI is InChI=1S/C12H16O3/c1-12(2,3)10-5-4-8(11(14)15)6-9(10)7-13/h4-6,13H,7H2,1-3H3,(H,14,15). The highest BCUT2D eigenvalue weighted by Crippen LogP contribution is 2.26. The van der Waals surface area contributed by atoms with E-state index in [2.05, 4.69) is 0 Å². The van der Waals surface area contributed by atoms with Crippen molar-refractivity contribution >= 4 is 5.97 Å². The molecule has 3 nitrogen and oxygen atoms in total. The van der Waals surface area contributed by atoms with Crippen LogP contribution < -0.4 is 0 Å². The molecule has 0 saturated carbocycles. The Morgan fingerprint density at radius 2 is 1.93 bits per heavy atom. The number of aliphatic hydroxyl groups is 1. The second-order valence-electron chi connectivity index (χ2n) is 4.59. The fourth-order valence-corrected chi connectivity index (χ4v) is 1.59. The molecule has 0 aromatic heterocycles. The summed E-state index contributed by atoms with van der Waals surface area (Å²) in [5.74, 6) is -0.967. The number of hydrogen-bond acceptors (Lipinski definition) is 2. The summed E-state index contributed by atoms with van der Waals surface area (Å²) in [7, 11) is 0. The van der Waals surface area contributed by atoms with Crippen molar-refractivity contribution in [2.45, 2.75) is 32.8 Å². The largest absolute Gasteiger partial charge is 0.478 e. The molecule has 3 heteroatoms. The molecule has 0 saturated heterocycles. The Hall–Kier alpha value is -1.35. The van der Waals surface area contributed by atoms with Crippen LogP contribution in [0.3, 0.4) is 0 Å². The Bertz CT molecular complexity index is 375. The molecule has 1 rings (SSSR count). The maximum atomic E-state index is 10.7. The van der Waals surface area contributed by atoms with Gasteiger partial charge >= 0.3 is 5.97 Å². The summed E-state index contributed by atoms with van der Waals surface area (Å²) in [5.41, 5.74) is 1.79. The van der Waals surface area contributed by atoms with Crippen LogP contribution in [0.15, 0.2) is 18.2 Å². The van der Waals surface area contributed by atoms with Gasteiger partial charge in [0.05, 0.1) is 12.2 Å². The third-order valence-corrected chi connectivity index (χ3v) is 2.33. The summed E-state index contributed by atoms with van der Waals surface area (Å²) >= 11 is 0. The van der Waals surface area contributed by atoms with Gasteiger partial charge in [-0.3, -0.25) is 0 Å². The van der Waals surface area contributed by atoms with Gasteiger partial charge in [-0.2, -0.15) is 0 Å². The van der Waals surface area contributed by atoms with Crippen LogP contribution in [-0.4, -0.2) is 16.2 Å². The highest BCUT2D eigenvalue weighted by Gasteiger charge is 2.18. The van der Waals surface area contributed by atoms with Crippen molar-refractivity contribution < 1.29 is 15.0 Å². The number of hydrogen-bond donors (Lipinski definition) is 2. The van der Waals surface area contributed by atoms with E-state index >= 15 is 0 Å². The molecule has 0 aliphatic carbocycles. The van der Waals surface area contributed by atoms with E-state index < -0.39 is 5.97 Å². The van der Waals surface area contributed by atoms with Crippen molar-refractivity contribution in [1.29, 1.82) is 0 Å². The van der Waals surface area contributed by atoms with Gasteiger partial charge in [-0.15, -0.1) is 0 Å². The van der Waals surface area contributed by atoms with Gasteiger partial charge < -0.3 is 10.2 Å². The molecule has 1 aromatic rings. The Morgan fingerprint density at radius 1 is 1.33 bits per heavy atom. The summed E-state index contributed by atoms with van der Waals surface area (Å²) in [4.78, 5) is 10.7. The van der Waals surface area contributed by atoms with E-state index in [9.17, 15) is 9.90 Å². The highest BCUT2D eigenvalue weighted by molar-refractivity contribution is 5.87. The van der Waals surface area contributed by atoms with Gasteiger partial charge in [0, 0.05) is 0 Å². The molecule has 0 aliphatic rings. The van der Waals surface area contributed by atoms with Crippen molar-refractivity contribution in [2.24, 2.45) is 0 Å². The van der Waals surface area contributed by atoms with E-state index in [0.29, 0.717) is 5.56 Å². The van der Waals surface area contributed by atoms with Crippen molar-refractivity contribution in [3.05, 3.63) is 34.9 Å². The predicted octanol–water partition coefficient (Wildman–Crippen LogP) is 2.17. The van der Waals surface area contributed by atoms with Crippen LogP contribution in [0.1, 0.15) is 42.3 Å². The zero-order valence-electron chi connectivity index (χ0n) is 9.24. The lowest BCUT2D eigenvalue weighted by Crippen LogP contribution is -2.15. The maximum absolute atomic E-state index is 10.7. The summed E-state index contributed by atoms with van der Waals surface area (Å²) in [6, 6.07) is 4.88. The molecule has 0 atom stereocenters. The number of aromatic carboxylic acids is 1. The second-order valence-corrected chi connectivity index (χ2v) is 4.59. The van der Waals surface area contributed by atoms with Crippen LogP contribution in [0, 0.1) is 0 Å². The Labute approximate surface area is 89.4 Å². The first-order valence-electron chi connectivity index (χ1n) is 4.84. The van der Waals surface area contributed by atoms with Crippen molar-refractivity contribution in [2.75, 3.05) is 0 Å². The third kappa shape index (κ3) is 2.57. The fourth-order valence-electron chi connectivity index (χ4n) is 1.59. The van der Waals surface area contributed by atoms with E-state index in [4.69, 9.17) is 5.11 Å². The third-order valence-electron chi connectivity index (χ3n) is 2.33. The molecule has 0 radical (unpaired) electrons. The molecule has 15 heavy (non-hydrogen) atoms. The zero-order chi connectivity index (χ0) is 11.6. The van der Waals surface area contributed by atoms with Crippen molar-refractivity contribution in [1.82, 2.24) is 0 Å². The van der Waals surface area contributed by atoms with Crippen LogP contribution in [-0.2, 0) is 12.0 Å². The van der Waals surface area contributed by atoms with E-state index in [0.717, 1.165) is 5.56 Å². The molecular weight excluding hydrogens is 192 g/mol. The lowest BCUT2D eigenvalue weighted by atomic mass is 9.83. The summed E-state index contributed by atoms with van der Waals surface area (Å²) < 4.78 is 0. The molecule has 0 bridgehead atoms. The van der Waals surface area contributed by atoms with Crippen LogP contribution >= 0.6 is 0 Å². The van der Waals surface area contributed by atoms with Gasteiger partial charge in [-0.1, -0.05) is 26.8 Å². The van der Waals surface area contributed by atoms with E-state index in [1.54, 1.807) is 12.1 Å². The minimum Gasteiger partial charge on any atom is -0.478 e. The number of carbonyl (C=O) groups is 1. The minimum atomic E-state index is -0.967. The number of benzene rings is 1. The molecule has 0 fully saturated rings. The second kappa shape index (κ2) is 4.03. The number of aliphatic hydroxyl groups excluding tert-OH is 1. The number of carboxylic acids is 1. The average Bonchev–Trinajstić information content (AvgIpc) is 2.15. The van der Waals surface area contributed by atoms with Crippen LogP contribution in [0.4, 0.5) is 0 Å². The molecule has 0 amide bonds. The Morgan fingerprint density at radius 3 is 2.33 bits per heavy atom. The SMILES string of the molecule is CC(C)(C)c1ccc(C(=O)O)cc1CO. The minimum absolute atomic E-state index is 0.0882. The van der Waals surface area contributed by atoms with Gasteiger partial charge in [-0.25, -0.2) is 4.79 Å². The van der Waals surface area contributed by atoms with Crippen LogP contribution in [0.5, 0.6) is 0 Å². The monoisotopic (exact) mass is 208 g/mol. The molecule has 82 valence electrons. The lowest BCUT2D eigenvalue weighted by molar-refractivity contribution is 0.0696. The summed E-state index contributed by atoms with van der Waals surface area (Å²) in [6.45, 7) is 5.96. The van der Waals surface area contributed by atoms with Gasteiger partial charge in [-0.05, 0) is 28.7 Å². The maximum Gasteiger partial charge on any atom is 0.335 e. The first kappa shape index (κ1) is 11.7. The Kier molecular flexibility index (Phi) is 3.15. The summed E-state index contributed by atoms with van der Waals surface area (Å²) in [5, 5.41) is 18.0. The molecule has 0 aliphatic heterocycles. The van der Waals surface area contributed by atoms with Crippen LogP contribution in [0.2, 0.25) is 0 Å². The van der Waals surface area contributed by atoms with Gasteiger partial charge in [0.25, 0.3) is 0 Å². The number of rotatable bonds is 2. The normalized spacial score (nSPS) is 11.5. The van der Waals surface area contributed by atoms with Gasteiger partial charge in [0.2, 0.25) is 0 Å². The molecule has 0 unspecified atom stereocenters. The van der Waals surface area contributed by atoms with Gasteiger partial charge in [0.15, 0.2) is 0 Å². The quantitative estimate of drug-likeness (QED) is 0.783. The predicted molar refractivity (Wildman–Crippen MR) is 58.0 cm³/mol. The van der Waals surface area contributed by atoms with Crippen molar-refractivity contribution in [3.63, 3.8) is 0 Å². The zero-order valence-corrected chi connectivity index (χ0v) is 9.24. The lowest BCUT2D eigenvalue weighted by Gasteiger charge is -2.22. The van der Waals surface area contributed by atoms with Gasteiger partial charge in [0.1, 0.15) is 0 Å². The number of carboxylic acid groups (broad SMARTS) is 1. The van der Waals surface area contributed by atoms with E-state index in [1.165, 1.54) is 6.07 Å². The average molecular weight is 208 g/mol. The highest BCUT2D eigenvalue weighted by atomic mass is 16.4. The summed E-state index contributed by atoms with van der Waals surface area (Å²) in [6.07, 6.45) is 0. The molecule has 2 N–H and O–H groups in total. The molecule has 0 heterocycles. The molecular formula is C12H16O3. The molecule has 0 spiro atoms. The fraction of sp³-hybridized carbons (Fsp3) is 0.417. The van der Waals surface area contributed by atoms with E-state index in [-0.39, 0.29) is 17.6 Å². The first-order chi connectivity index (χ1) is 6.86. The van der Waals surface area contributed by atoms with Crippen LogP contribution in [0.25, 0.3) is 0 Å². The molecule has 1 aromatic carbocycles. The Balaban J connectivity index is 3.27. The topological polar surface area (TPSA) is 57.5 Å². The smallest absolute Gasteiger partial charge is 0.335 e. The van der Waals surface area contributed by atoms with E-state index in [1.807, 2.05) is 20.8 Å².